The van der Waals surface area contributed by atoms with Gasteiger partial charge in [-0.3, -0.25) is 0 Å². The lowest BCUT2D eigenvalue weighted by Gasteiger charge is -2.19. The minimum Gasteiger partial charge on any atom is -0.484 e. The Morgan fingerprint density at radius 1 is 1.00 bits per heavy atom. The van der Waals surface area contributed by atoms with Gasteiger partial charge in [-0.05, 0) is 35.7 Å². The van der Waals surface area contributed by atoms with Gasteiger partial charge in [0.25, 0.3) is 0 Å². The molecule has 0 fully saturated rings. The van der Waals surface area contributed by atoms with E-state index in [4.69, 9.17) is 4.74 Å². The van der Waals surface area contributed by atoms with E-state index in [0.29, 0.717) is 0 Å². The van der Waals surface area contributed by atoms with Crippen LogP contribution in [0.5, 0.6) is 5.75 Å². The van der Waals surface area contributed by atoms with E-state index in [0.717, 1.165) is 12.2 Å². The zero-order valence-corrected chi connectivity index (χ0v) is 13.1. The summed E-state index contributed by atoms with van der Waals surface area (Å²) < 4.78 is 6.38. The Bertz CT molecular complexity index is 682. The first kappa shape index (κ1) is 14.2. The number of hydrogen-bond acceptors (Lipinski definition) is 2. The highest BCUT2D eigenvalue weighted by molar-refractivity contribution is 7.10. The molecule has 0 aliphatic heterocycles. The van der Waals surface area contributed by atoms with E-state index in [1.165, 1.54) is 28.5 Å². The third-order valence-corrected chi connectivity index (χ3v) is 4.66. The highest BCUT2D eigenvalue weighted by Gasteiger charge is 2.15. The largest absolute Gasteiger partial charge is 0.484 e. The van der Waals surface area contributed by atoms with E-state index < -0.39 is 0 Å². The molecule has 2 heteroatoms. The zero-order valence-electron chi connectivity index (χ0n) is 12.3. The van der Waals surface area contributed by atoms with Crippen molar-refractivity contribution < 1.29 is 4.74 Å². The van der Waals surface area contributed by atoms with Crippen LogP contribution in [0.2, 0.25) is 0 Å². The topological polar surface area (TPSA) is 9.23 Å². The van der Waals surface area contributed by atoms with Crippen molar-refractivity contribution in [1.82, 2.24) is 0 Å². The van der Waals surface area contributed by atoms with E-state index in [1.807, 2.05) is 0 Å². The molecule has 0 saturated carbocycles. The minimum atomic E-state index is 0.163. The highest BCUT2D eigenvalue weighted by Crippen LogP contribution is 2.33. The Morgan fingerprint density at radius 3 is 2.67 bits per heavy atom. The van der Waals surface area contributed by atoms with Crippen molar-refractivity contribution in [2.75, 3.05) is 0 Å². The van der Waals surface area contributed by atoms with Gasteiger partial charge in [-0.1, -0.05) is 55.8 Å². The quantitative estimate of drug-likeness (QED) is 0.525. The van der Waals surface area contributed by atoms with Crippen LogP contribution in [0.15, 0.2) is 60.0 Å². The zero-order chi connectivity index (χ0) is 14.5. The van der Waals surface area contributed by atoms with Crippen LogP contribution in [0.1, 0.15) is 37.2 Å². The summed E-state index contributed by atoms with van der Waals surface area (Å²) in [6.45, 7) is 2.23. The Labute approximate surface area is 130 Å². The van der Waals surface area contributed by atoms with E-state index in [9.17, 15) is 0 Å². The normalized spacial score (nSPS) is 12.4. The molecule has 0 aliphatic carbocycles. The molecule has 0 radical (unpaired) electrons. The van der Waals surface area contributed by atoms with Crippen LogP contribution in [-0.4, -0.2) is 0 Å². The summed E-state index contributed by atoms with van der Waals surface area (Å²) in [4.78, 5) is 1.32. The maximum Gasteiger partial charge on any atom is 0.133 e. The maximum atomic E-state index is 6.38. The van der Waals surface area contributed by atoms with Crippen molar-refractivity contribution in [2.24, 2.45) is 0 Å². The Kier molecular flexibility index (Phi) is 4.56. The second-order valence-electron chi connectivity index (χ2n) is 5.24. The van der Waals surface area contributed by atoms with Gasteiger partial charge >= 0.3 is 0 Å². The van der Waals surface area contributed by atoms with Crippen LogP contribution in [0, 0.1) is 0 Å². The lowest BCUT2D eigenvalue weighted by Crippen LogP contribution is -2.06. The van der Waals surface area contributed by atoms with Gasteiger partial charge in [0.2, 0.25) is 0 Å². The molecule has 1 nitrogen and oxygen atoms in total. The summed E-state index contributed by atoms with van der Waals surface area (Å²) in [7, 11) is 0. The Morgan fingerprint density at radius 2 is 1.86 bits per heavy atom. The van der Waals surface area contributed by atoms with E-state index in [2.05, 4.69) is 66.9 Å². The third-order valence-electron chi connectivity index (χ3n) is 3.70. The van der Waals surface area contributed by atoms with Gasteiger partial charge < -0.3 is 4.74 Å². The summed E-state index contributed by atoms with van der Waals surface area (Å²) in [6, 6.07) is 19.0. The molecule has 1 atom stereocenters. The summed E-state index contributed by atoms with van der Waals surface area (Å²) in [5.74, 6) is 0.989. The monoisotopic (exact) mass is 296 g/mol. The summed E-state index contributed by atoms with van der Waals surface area (Å²) in [5, 5.41) is 4.55. The SMILES string of the molecule is CCCCC(Oc1cccc2ccccc12)c1cccs1. The summed E-state index contributed by atoms with van der Waals surface area (Å²) in [5.41, 5.74) is 0. The van der Waals surface area contributed by atoms with Crippen LogP contribution in [-0.2, 0) is 0 Å². The molecule has 0 saturated heterocycles. The first-order valence-electron chi connectivity index (χ1n) is 7.56. The molecule has 0 bridgehead atoms. The number of thiophene rings is 1. The Hall–Kier alpha value is -1.80. The van der Waals surface area contributed by atoms with E-state index >= 15 is 0 Å². The predicted octanol–water partition coefficient (Wildman–Crippen LogP) is 6.21. The van der Waals surface area contributed by atoms with E-state index in [1.54, 1.807) is 11.3 Å². The molecule has 0 amide bonds. The molecule has 1 heterocycles. The van der Waals surface area contributed by atoms with Gasteiger partial charge in [0, 0.05) is 10.3 Å². The highest BCUT2D eigenvalue weighted by atomic mass is 32.1. The fraction of sp³-hybridized carbons (Fsp3) is 0.263. The molecule has 0 aliphatic rings. The average Bonchev–Trinajstić information content (AvgIpc) is 3.06. The minimum absolute atomic E-state index is 0.163. The average molecular weight is 296 g/mol. The number of benzene rings is 2. The van der Waals surface area contributed by atoms with Crippen molar-refractivity contribution in [3.8, 4) is 5.75 Å². The number of hydrogen-bond donors (Lipinski definition) is 0. The molecule has 2 aromatic carbocycles. The van der Waals surface area contributed by atoms with Gasteiger partial charge in [0.1, 0.15) is 11.9 Å². The van der Waals surface area contributed by atoms with Crippen LogP contribution >= 0.6 is 11.3 Å². The number of rotatable bonds is 6. The Balaban J connectivity index is 1.90. The lowest BCUT2D eigenvalue weighted by atomic mass is 10.1. The van der Waals surface area contributed by atoms with Crippen LogP contribution in [0.4, 0.5) is 0 Å². The molecule has 3 rings (SSSR count). The van der Waals surface area contributed by atoms with Crippen LogP contribution < -0.4 is 4.74 Å². The first-order chi connectivity index (χ1) is 10.4. The van der Waals surface area contributed by atoms with Gasteiger partial charge in [-0.2, -0.15) is 0 Å². The summed E-state index contributed by atoms with van der Waals surface area (Å²) in [6.07, 6.45) is 3.62. The van der Waals surface area contributed by atoms with Crippen LogP contribution in [0.3, 0.4) is 0 Å². The van der Waals surface area contributed by atoms with Gasteiger partial charge in [-0.15, -0.1) is 11.3 Å². The lowest BCUT2D eigenvalue weighted by molar-refractivity contribution is 0.198. The molecule has 0 spiro atoms. The third kappa shape index (κ3) is 3.27. The predicted molar refractivity (Wildman–Crippen MR) is 91.2 cm³/mol. The van der Waals surface area contributed by atoms with Crippen molar-refractivity contribution in [3.05, 3.63) is 64.9 Å². The molecule has 1 aromatic heterocycles. The number of unbranched alkanes of at least 4 members (excludes halogenated alkanes) is 1. The molecule has 21 heavy (non-hydrogen) atoms. The molecular weight excluding hydrogens is 276 g/mol. The molecule has 1 unspecified atom stereocenters. The molecule has 0 N–H and O–H groups in total. The fourth-order valence-electron chi connectivity index (χ4n) is 2.57. The first-order valence-corrected chi connectivity index (χ1v) is 8.44. The molecule has 3 aromatic rings. The van der Waals surface area contributed by atoms with Crippen molar-refractivity contribution in [3.63, 3.8) is 0 Å². The standard InChI is InChI=1S/C19H20OS/c1-2-3-11-18(19-13-7-14-21-19)20-17-12-6-9-15-8-4-5-10-16(15)17/h4-10,12-14,18H,2-3,11H2,1H3. The van der Waals surface area contributed by atoms with E-state index in [-0.39, 0.29) is 6.10 Å². The second-order valence-corrected chi connectivity index (χ2v) is 6.22. The number of fused-ring (bicyclic) bond motifs is 1. The maximum absolute atomic E-state index is 6.38. The van der Waals surface area contributed by atoms with Crippen molar-refractivity contribution in [1.29, 1.82) is 0 Å². The smallest absolute Gasteiger partial charge is 0.133 e. The summed E-state index contributed by atoms with van der Waals surface area (Å²) >= 11 is 1.78. The second kappa shape index (κ2) is 6.77. The van der Waals surface area contributed by atoms with Crippen LogP contribution in [0.25, 0.3) is 10.8 Å². The van der Waals surface area contributed by atoms with Gasteiger partial charge in [0.05, 0.1) is 0 Å². The fourth-order valence-corrected chi connectivity index (χ4v) is 3.36. The number of ether oxygens (including phenoxy) is 1. The van der Waals surface area contributed by atoms with Crippen molar-refractivity contribution in [2.45, 2.75) is 32.3 Å². The molecular formula is C19H20OS. The van der Waals surface area contributed by atoms with Gasteiger partial charge in [0.15, 0.2) is 0 Å². The van der Waals surface area contributed by atoms with Crippen molar-refractivity contribution >= 4 is 22.1 Å². The molecule has 108 valence electrons. The van der Waals surface area contributed by atoms with Gasteiger partial charge in [-0.25, -0.2) is 0 Å².